The van der Waals surface area contributed by atoms with Gasteiger partial charge in [0.15, 0.2) is 0 Å². The van der Waals surface area contributed by atoms with E-state index in [1.807, 2.05) is 0 Å². The molecule has 2 atom stereocenters. The zero-order chi connectivity index (χ0) is 27.3. The van der Waals surface area contributed by atoms with E-state index in [1.54, 1.807) is 36.4 Å². The Morgan fingerprint density at radius 3 is 2.71 bits per heavy atom. The van der Waals surface area contributed by atoms with E-state index in [2.05, 4.69) is 27.8 Å². The smallest absolute Gasteiger partial charge is 0.406 e. The summed E-state index contributed by atoms with van der Waals surface area (Å²) in [6.07, 6.45) is -5.01. The fourth-order valence-electron chi connectivity index (χ4n) is 4.40. The van der Waals surface area contributed by atoms with Crippen molar-refractivity contribution in [2.24, 2.45) is 0 Å². The van der Waals surface area contributed by atoms with Gasteiger partial charge in [-0.1, -0.05) is 12.0 Å². The lowest BCUT2D eigenvalue weighted by Gasteiger charge is -2.28. The fraction of sp³-hybridized carbons (Fsp3) is 0.370. The van der Waals surface area contributed by atoms with Gasteiger partial charge in [-0.2, -0.15) is 13.2 Å². The molecule has 0 radical (unpaired) electrons. The normalized spacial score (nSPS) is 17.4. The molecule has 11 heteroatoms. The van der Waals surface area contributed by atoms with Gasteiger partial charge in [-0.25, -0.2) is 9.18 Å². The number of methoxy groups -OCH3 is 2. The Labute approximate surface area is 217 Å². The van der Waals surface area contributed by atoms with Crippen molar-refractivity contribution in [3.05, 3.63) is 53.7 Å². The van der Waals surface area contributed by atoms with Crippen LogP contribution in [0.25, 0.3) is 10.9 Å². The van der Waals surface area contributed by atoms with Crippen molar-refractivity contribution in [3.8, 4) is 17.6 Å². The molecule has 2 aromatic carbocycles. The van der Waals surface area contributed by atoms with Crippen molar-refractivity contribution < 1.29 is 31.8 Å². The molecule has 1 aromatic heterocycles. The molecule has 38 heavy (non-hydrogen) atoms. The van der Waals surface area contributed by atoms with Crippen molar-refractivity contribution in [2.45, 2.75) is 31.4 Å². The van der Waals surface area contributed by atoms with Gasteiger partial charge < -0.3 is 30.0 Å². The summed E-state index contributed by atoms with van der Waals surface area (Å²) in [5, 5.41) is 9.76. The third-order valence-corrected chi connectivity index (χ3v) is 6.24. The molecule has 1 aliphatic rings. The Morgan fingerprint density at radius 1 is 1.18 bits per heavy atom. The lowest BCUT2D eigenvalue weighted by molar-refractivity contribution is -0.140. The van der Waals surface area contributed by atoms with Crippen LogP contribution in [-0.2, 0) is 11.3 Å². The van der Waals surface area contributed by atoms with Crippen LogP contribution < -0.4 is 20.7 Å². The van der Waals surface area contributed by atoms with Gasteiger partial charge in [0.2, 0.25) is 0 Å². The minimum Gasteiger partial charge on any atom is -0.495 e. The van der Waals surface area contributed by atoms with Gasteiger partial charge in [-0.15, -0.1) is 0 Å². The predicted octanol–water partition coefficient (Wildman–Crippen LogP) is 4.57. The fourth-order valence-corrected chi connectivity index (χ4v) is 4.40. The maximum Gasteiger partial charge on any atom is 0.406 e. The number of aromatic nitrogens is 1. The van der Waals surface area contributed by atoms with E-state index in [9.17, 15) is 22.4 Å². The number of nitrogens with one attached hydrogen (secondary N) is 3. The molecule has 0 saturated carbocycles. The summed E-state index contributed by atoms with van der Waals surface area (Å²) < 4.78 is 65.9. The molecule has 0 spiro atoms. The summed E-state index contributed by atoms with van der Waals surface area (Å²) in [7, 11) is 2.72. The molecule has 3 N–H and O–H groups in total. The topological polar surface area (TPSA) is 76.5 Å². The first-order chi connectivity index (χ1) is 18.2. The highest BCUT2D eigenvalue weighted by molar-refractivity contribution is 5.94. The number of hydrogen-bond donors (Lipinski definition) is 3. The van der Waals surface area contributed by atoms with E-state index in [0.29, 0.717) is 46.6 Å². The second-order valence-electron chi connectivity index (χ2n) is 8.79. The molecule has 1 saturated heterocycles. The summed E-state index contributed by atoms with van der Waals surface area (Å²) >= 11 is 0. The molecule has 2 heterocycles. The number of rotatable bonds is 7. The van der Waals surface area contributed by atoms with Crippen molar-refractivity contribution in [3.63, 3.8) is 0 Å². The standard InChI is InChI=1S/C27H28F4N4O3/c1-37-25-13-17(26(36)38-2)8-9-23(25)33-11-4-5-18-14-19-21(34-22-10-12-32-15-20(22)28)6-3-7-24(19)35(18)16-27(29,30)31/h3,6-9,13-14,20,22,32-34H,10-12,15-16H2,1-2H3. The van der Waals surface area contributed by atoms with Crippen molar-refractivity contribution >= 4 is 28.2 Å². The van der Waals surface area contributed by atoms with Gasteiger partial charge in [0.05, 0.1) is 49.3 Å². The first kappa shape index (κ1) is 27.1. The highest BCUT2D eigenvalue weighted by Gasteiger charge is 2.30. The van der Waals surface area contributed by atoms with Crippen LogP contribution in [0.15, 0.2) is 42.5 Å². The SMILES string of the molecule is COC(=O)c1ccc(NCC#Cc2cc3c(NC4CCNCC4F)cccc3n2CC(F)(F)F)c(OC)c1. The van der Waals surface area contributed by atoms with E-state index in [0.717, 1.165) is 4.57 Å². The first-order valence-electron chi connectivity index (χ1n) is 12.0. The van der Waals surface area contributed by atoms with Crippen LogP contribution in [0.1, 0.15) is 22.5 Å². The largest absolute Gasteiger partial charge is 0.495 e. The molecule has 202 valence electrons. The number of carbonyl (C=O) groups is 1. The van der Waals surface area contributed by atoms with Gasteiger partial charge in [0.1, 0.15) is 18.5 Å². The molecule has 4 rings (SSSR count). The Balaban J connectivity index is 1.60. The molecule has 1 fully saturated rings. The third kappa shape index (κ3) is 6.31. The Kier molecular flexibility index (Phi) is 8.32. The number of halogens is 4. The third-order valence-electron chi connectivity index (χ3n) is 6.24. The van der Waals surface area contributed by atoms with Gasteiger partial charge >= 0.3 is 12.1 Å². The molecule has 0 amide bonds. The zero-order valence-electron chi connectivity index (χ0n) is 20.9. The predicted molar refractivity (Wildman–Crippen MR) is 137 cm³/mol. The van der Waals surface area contributed by atoms with Crippen molar-refractivity contribution in [2.75, 3.05) is 44.5 Å². The molecule has 0 bridgehead atoms. The number of fused-ring (bicyclic) bond motifs is 1. The Morgan fingerprint density at radius 2 is 2.00 bits per heavy atom. The summed E-state index contributed by atoms with van der Waals surface area (Å²) in [6.45, 7) is -0.226. The molecular weight excluding hydrogens is 504 g/mol. The van der Waals surface area contributed by atoms with Crippen molar-refractivity contribution in [1.29, 1.82) is 0 Å². The quantitative estimate of drug-likeness (QED) is 0.235. The van der Waals surface area contributed by atoms with Crippen LogP contribution in [0.4, 0.5) is 28.9 Å². The Hall–Kier alpha value is -3.91. The number of nitrogens with zero attached hydrogens (tertiary/aromatic N) is 1. The average molecular weight is 533 g/mol. The highest BCUT2D eigenvalue weighted by Crippen LogP contribution is 2.31. The second-order valence-corrected chi connectivity index (χ2v) is 8.79. The van der Waals surface area contributed by atoms with Gasteiger partial charge in [-0.05, 0) is 55.3 Å². The van der Waals surface area contributed by atoms with Gasteiger partial charge in [-0.3, -0.25) is 0 Å². The molecule has 3 aromatic rings. The van der Waals surface area contributed by atoms with E-state index in [4.69, 9.17) is 9.47 Å². The van der Waals surface area contributed by atoms with E-state index in [-0.39, 0.29) is 18.8 Å². The number of piperidine rings is 1. The lowest BCUT2D eigenvalue weighted by atomic mass is 10.0. The first-order valence-corrected chi connectivity index (χ1v) is 12.0. The molecule has 7 nitrogen and oxygen atoms in total. The summed E-state index contributed by atoms with van der Waals surface area (Å²) in [6, 6.07) is 10.8. The van der Waals surface area contributed by atoms with Crippen LogP contribution in [0.5, 0.6) is 5.75 Å². The number of alkyl halides is 4. The van der Waals surface area contributed by atoms with E-state index >= 15 is 0 Å². The monoisotopic (exact) mass is 532 g/mol. The highest BCUT2D eigenvalue weighted by atomic mass is 19.4. The summed E-state index contributed by atoms with van der Waals surface area (Å²) in [5.74, 6) is 5.57. The lowest BCUT2D eigenvalue weighted by Crippen LogP contribution is -2.45. The second kappa shape index (κ2) is 11.6. The molecule has 2 unspecified atom stereocenters. The summed E-state index contributed by atoms with van der Waals surface area (Å²) in [4.78, 5) is 11.7. The molecule has 0 aliphatic carbocycles. The number of ether oxygens (including phenoxy) is 2. The maximum atomic E-state index is 14.4. The molecule has 1 aliphatic heterocycles. The van der Waals surface area contributed by atoms with Gasteiger partial charge in [0, 0.05) is 17.6 Å². The number of esters is 1. The van der Waals surface area contributed by atoms with Gasteiger partial charge in [0.25, 0.3) is 0 Å². The minimum atomic E-state index is -4.46. The van der Waals surface area contributed by atoms with E-state index < -0.39 is 30.9 Å². The van der Waals surface area contributed by atoms with Crippen LogP contribution in [0.3, 0.4) is 0 Å². The van der Waals surface area contributed by atoms with Crippen LogP contribution in [0, 0.1) is 11.8 Å². The minimum absolute atomic E-state index is 0.102. The van der Waals surface area contributed by atoms with Crippen LogP contribution >= 0.6 is 0 Å². The zero-order valence-corrected chi connectivity index (χ0v) is 20.9. The molecular formula is C27H28F4N4O3. The number of carbonyl (C=O) groups excluding carboxylic acids is 1. The van der Waals surface area contributed by atoms with E-state index in [1.165, 1.54) is 20.3 Å². The van der Waals surface area contributed by atoms with Crippen LogP contribution in [-0.4, -0.2) is 62.8 Å². The van der Waals surface area contributed by atoms with Crippen molar-refractivity contribution in [1.82, 2.24) is 9.88 Å². The number of benzene rings is 2. The maximum absolute atomic E-state index is 14.4. The average Bonchev–Trinajstić information content (AvgIpc) is 3.24. The Bertz CT molecular complexity index is 1360. The summed E-state index contributed by atoms with van der Waals surface area (Å²) in [5.41, 5.74) is 1.97. The number of hydrogen-bond acceptors (Lipinski definition) is 6. The number of anilines is 2. The van der Waals surface area contributed by atoms with Crippen LogP contribution in [0.2, 0.25) is 0 Å².